The van der Waals surface area contributed by atoms with Crippen molar-refractivity contribution in [1.29, 1.82) is 0 Å². The second kappa shape index (κ2) is 6.02. The highest BCUT2D eigenvalue weighted by Crippen LogP contribution is 2.34. The van der Waals surface area contributed by atoms with E-state index in [2.05, 4.69) is 20.5 Å². The maximum absolute atomic E-state index is 9.54. The van der Waals surface area contributed by atoms with Crippen molar-refractivity contribution in [2.24, 2.45) is 5.10 Å². The number of aromatic nitrogens is 2. The summed E-state index contributed by atoms with van der Waals surface area (Å²) in [4.78, 5) is 10.6. The SMILES string of the molecule is Cc1sc2ncnc(N/N=C/c3cc(O)c(O)c(Cl)c3)c2c1C. The Morgan fingerprint density at radius 3 is 2.78 bits per heavy atom. The average molecular weight is 349 g/mol. The van der Waals surface area contributed by atoms with Gasteiger partial charge in [-0.25, -0.2) is 9.97 Å². The lowest BCUT2D eigenvalue weighted by molar-refractivity contribution is 0.404. The summed E-state index contributed by atoms with van der Waals surface area (Å²) in [6.45, 7) is 4.06. The normalized spacial score (nSPS) is 11.4. The lowest BCUT2D eigenvalue weighted by atomic mass is 10.2. The molecule has 0 radical (unpaired) electrons. The molecule has 2 heterocycles. The van der Waals surface area contributed by atoms with Gasteiger partial charge in [0.05, 0.1) is 16.6 Å². The molecule has 0 unspecified atom stereocenters. The van der Waals surface area contributed by atoms with Crippen LogP contribution < -0.4 is 5.43 Å². The van der Waals surface area contributed by atoms with Gasteiger partial charge in [-0.2, -0.15) is 5.10 Å². The van der Waals surface area contributed by atoms with Crippen LogP contribution in [0.2, 0.25) is 5.02 Å². The molecule has 1 aromatic carbocycles. The van der Waals surface area contributed by atoms with E-state index in [0.29, 0.717) is 11.4 Å². The van der Waals surface area contributed by atoms with Crippen molar-refractivity contribution in [1.82, 2.24) is 9.97 Å². The summed E-state index contributed by atoms with van der Waals surface area (Å²) in [6, 6.07) is 2.86. The van der Waals surface area contributed by atoms with Crippen LogP contribution >= 0.6 is 22.9 Å². The van der Waals surface area contributed by atoms with Crippen molar-refractivity contribution in [3.05, 3.63) is 39.5 Å². The van der Waals surface area contributed by atoms with Crippen LogP contribution in [0.5, 0.6) is 11.5 Å². The van der Waals surface area contributed by atoms with Crippen molar-refractivity contribution in [3.8, 4) is 11.5 Å². The number of benzene rings is 1. The number of aryl methyl sites for hydroxylation is 2. The van der Waals surface area contributed by atoms with Crippen molar-refractivity contribution < 1.29 is 10.2 Å². The smallest absolute Gasteiger partial charge is 0.176 e. The minimum Gasteiger partial charge on any atom is -0.504 e. The number of thiophene rings is 1. The van der Waals surface area contributed by atoms with Crippen LogP contribution in [0, 0.1) is 13.8 Å². The fourth-order valence-electron chi connectivity index (χ4n) is 2.11. The Balaban J connectivity index is 1.89. The largest absolute Gasteiger partial charge is 0.504 e. The highest BCUT2D eigenvalue weighted by atomic mass is 35.5. The standard InChI is InChI=1S/C15H13ClN4O2S/c1-7-8(2)23-15-12(7)14(17-6-18-15)20-19-5-9-3-10(16)13(22)11(21)4-9/h3-6,21-22H,1-2H3,(H,17,18,20)/b19-5+. The number of rotatable bonds is 3. The maximum atomic E-state index is 9.54. The summed E-state index contributed by atoms with van der Waals surface area (Å²) in [5.74, 6) is -0.0338. The Hall–Kier alpha value is -2.38. The van der Waals surface area contributed by atoms with Gasteiger partial charge in [-0.05, 0) is 37.1 Å². The van der Waals surface area contributed by atoms with Crippen LogP contribution in [0.3, 0.4) is 0 Å². The van der Waals surface area contributed by atoms with Crippen LogP contribution in [0.1, 0.15) is 16.0 Å². The molecule has 3 rings (SSSR count). The van der Waals surface area contributed by atoms with Gasteiger partial charge in [0.25, 0.3) is 0 Å². The Kier molecular flexibility index (Phi) is 4.06. The predicted molar refractivity (Wildman–Crippen MR) is 92.9 cm³/mol. The molecule has 2 aromatic heterocycles. The number of nitrogens with zero attached hydrogens (tertiary/aromatic N) is 3. The molecule has 0 spiro atoms. The van der Waals surface area contributed by atoms with Gasteiger partial charge in [0.2, 0.25) is 0 Å². The van der Waals surface area contributed by atoms with Gasteiger partial charge in [0, 0.05) is 4.88 Å². The van der Waals surface area contributed by atoms with Gasteiger partial charge in [0.15, 0.2) is 17.3 Å². The summed E-state index contributed by atoms with van der Waals surface area (Å²) in [5.41, 5.74) is 4.54. The van der Waals surface area contributed by atoms with Crippen molar-refractivity contribution >= 4 is 45.2 Å². The van der Waals surface area contributed by atoms with Crippen LogP contribution in [0.15, 0.2) is 23.6 Å². The molecule has 0 amide bonds. The van der Waals surface area contributed by atoms with E-state index in [4.69, 9.17) is 11.6 Å². The van der Waals surface area contributed by atoms with Crippen molar-refractivity contribution in [2.45, 2.75) is 13.8 Å². The fraction of sp³-hybridized carbons (Fsp3) is 0.133. The minimum absolute atomic E-state index is 0.0557. The third kappa shape index (κ3) is 2.93. The molecule has 118 valence electrons. The molecule has 23 heavy (non-hydrogen) atoms. The Morgan fingerprint density at radius 2 is 2.04 bits per heavy atom. The number of aromatic hydroxyl groups is 2. The Morgan fingerprint density at radius 1 is 1.26 bits per heavy atom. The second-order valence-electron chi connectivity index (χ2n) is 4.93. The molecule has 6 nitrogen and oxygen atoms in total. The topological polar surface area (TPSA) is 90.6 Å². The van der Waals surface area contributed by atoms with Gasteiger partial charge in [-0.3, -0.25) is 5.43 Å². The molecule has 0 atom stereocenters. The summed E-state index contributed by atoms with van der Waals surface area (Å²) >= 11 is 7.41. The van der Waals surface area contributed by atoms with E-state index in [1.165, 1.54) is 29.6 Å². The molecule has 0 fully saturated rings. The van der Waals surface area contributed by atoms with Gasteiger partial charge >= 0.3 is 0 Å². The molecule has 3 aromatic rings. The summed E-state index contributed by atoms with van der Waals surface area (Å²) in [7, 11) is 0. The zero-order valence-corrected chi connectivity index (χ0v) is 13.9. The average Bonchev–Trinajstić information content (AvgIpc) is 2.80. The molecule has 0 aliphatic rings. The van der Waals surface area contributed by atoms with Gasteiger partial charge in [-0.15, -0.1) is 11.3 Å². The maximum Gasteiger partial charge on any atom is 0.176 e. The van der Waals surface area contributed by atoms with Crippen LogP contribution in [0.25, 0.3) is 10.2 Å². The minimum atomic E-state index is -0.348. The molecular formula is C15H13ClN4O2S. The molecular weight excluding hydrogens is 336 g/mol. The second-order valence-corrected chi connectivity index (χ2v) is 6.54. The number of nitrogens with one attached hydrogen (secondary N) is 1. The van der Waals surface area contributed by atoms with Crippen molar-refractivity contribution in [3.63, 3.8) is 0 Å². The quantitative estimate of drug-likeness (QED) is 0.380. The fourth-order valence-corrected chi connectivity index (χ4v) is 3.33. The number of hydrogen-bond donors (Lipinski definition) is 3. The number of fused-ring (bicyclic) bond motifs is 1. The first-order chi connectivity index (χ1) is 11.0. The van der Waals surface area contributed by atoms with Crippen LogP contribution in [-0.2, 0) is 0 Å². The van der Waals surface area contributed by atoms with E-state index < -0.39 is 0 Å². The highest BCUT2D eigenvalue weighted by molar-refractivity contribution is 7.18. The number of phenols is 2. The molecule has 0 aliphatic heterocycles. The van der Waals surface area contributed by atoms with E-state index in [9.17, 15) is 10.2 Å². The number of anilines is 1. The zero-order valence-electron chi connectivity index (χ0n) is 12.3. The van der Waals surface area contributed by atoms with Gasteiger partial charge in [0.1, 0.15) is 11.2 Å². The van der Waals surface area contributed by atoms with Crippen LogP contribution in [-0.4, -0.2) is 26.4 Å². The molecule has 3 N–H and O–H groups in total. The van der Waals surface area contributed by atoms with E-state index in [1.54, 1.807) is 11.3 Å². The first kappa shape index (κ1) is 15.5. The number of hydrazone groups is 1. The lowest BCUT2D eigenvalue weighted by Gasteiger charge is -2.03. The third-order valence-electron chi connectivity index (χ3n) is 3.42. The third-order valence-corrected chi connectivity index (χ3v) is 4.82. The van der Waals surface area contributed by atoms with Gasteiger partial charge < -0.3 is 10.2 Å². The highest BCUT2D eigenvalue weighted by Gasteiger charge is 2.11. The lowest BCUT2D eigenvalue weighted by Crippen LogP contribution is -1.95. The van der Waals surface area contributed by atoms with E-state index >= 15 is 0 Å². The Bertz CT molecular complexity index is 900. The first-order valence-corrected chi connectivity index (χ1v) is 7.88. The summed E-state index contributed by atoms with van der Waals surface area (Å²) < 4.78 is 0. The number of hydrogen-bond acceptors (Lipinski definition) is 7. The number of phenolic OH excluding ortho intramolecular Hbond substituents is 2. The zero-order chi connectivity index (χ0) is 16.6. The molecule has 0 aliphatic carbocycles. The summed E-state index contributed by atoms with van der Waals surface area (Å²) in [6.07, 6.45) is 2.96. The van der Waals surface area contributed by atoms with E-state index in [-0.39, 0.29) is 16.5 Å². The van der Waals surface area contributed by atoms with E-state index in [1.807, 2.05) is 13.8 Å². The Labute approximate surface area is 141 Å². The van der Waals surface area contributed by atoms with E-state index in [0.717, 1.165) is 15.8 Å². The van der Waals surface area contributed by atoms with Crippen molar-refractivity contribution in [2.75, 3.05) is 5.43 Å². The van der Waals surface area contributed by atoms with Crippen LogP contribution in [0.4, 0.5) is 5.82 Å². The number of halogens is 1. The first-order valence-electron chi connectivity index (χ1n) is 6.68. The summed E-state index contributed by atoms with van der Waals surface area (Å²) in [5, 5.41) is 24.1. The molecule has 0 saturated heterocycles. The predicted octanol–water partition coefficient (Wildman–Crippen LogP) is 3.82. The molecule has 0 saturated carbocycles. The monoisotopic (exact) mass is 348 g/mol. The molecule has 8 heteroatoms. The van der Waals surface area contributed by atoms with Gasteiger partial charge in [-0.1, -0.05) is 11.6 Å². The molecule has 0 bridgehead atoms.